The molecule has 1 aromatic rings. The number of benzene rings is 1. The summed E-state index contributed by atoms with van der Waals surface area (Å²) >= 11 is 0. The minimum atomic E-state index is -4.01. The maximum absolute atomic E-state index is 13.5. The summed E-state index contributed by atoms with van der Waals surface area (Å²) in [5.41, 5.74) is -0.416. The minimum absolute atomic E-state index is 0.209. The van der Waals surface area contributed by atoms with Crippen LogP contribution < -0.4 is 0 Å². The molecule has 0 radical (unpaired) electrons. The highest BCUT2D eigenvalue weighted by atomic mass is 35.7. The normalized spacial score (nSPS) is 15.7. The lowest BCUT2D eigenvalue weighted by molar-refractivity contribution is 0.0458. The van der Waals surface area contributed by atoms with E-state index in [4.69, 9.17) is 15.4 Å². The summed E-state index contributed by atoms with van der Waals surface area (Å²) in [5, 5.41) is 0. The van der Waals surface area contributed by atoms with Gasteiger partial charge in [0, 0.05) is 10.7 Å². The highest BCUT2D eigenvalue weighted by Gasteiger charge is 2.20. The van der Waals surface area contributed by atoms with Crippen molar-refractivity contribution in [1.82, 2.24) is 0 Å². The monoisotopic (exact) mass is 320 g/mol. The lowest BCUT2D eigenvalue weighted by Crippen LogP contribution is -2.16. The number of carbonyl (C=O) groups is 1. The van der Waals surface area contributed by atoms with Crippen molar-refractivity contribution in [3.05, 3.63) is 29.6 Å². The molecule has 0 bridgehead atoms. The largest absolute Gasteiger partial charge is 0.462 e. The number of halogens is 2. The number of esters is 1. The molecule has 110 valence electrons. The fourth-order valence-corrected chi connectivity index (χ4v) is 2.77. The quantitative estimate of drug-likeness (QED) is 0.618. The van der Waals surface area contributed by atoms with E-state index in [2.05, 4.69) is 0 Å². The molecule has 0 aliphatic heterocycles. The fourth-order valence-electron chi connectivity index (χ4n) is 1.99. The first-order valence-electron chi connectivity index (χ1n) is 6.29. The number of hydrogen-bond acceptors (Lipinski definition) is 4. The van der Waals surface area contributed by atoms with E-state index in [1.54, 1.807) is 0 Å². The van der Waals surface area contributed by atoms with Gasteiger partial charge < -0.3 is 4.74 Å². The molecule has 0 N–H and O–H groups in total. The maximum atomic E-state index is 13.5. The van der Waals surface area contributed by atoms with Crippen molar-refractivity contribution in [2.75, 3.05) is 6.61 Å². The molecule has 0 aromatic heterocycles. The summed E-state index contributed by atoms with van der Waals surface area (Å²) in [5.74, 6) is -1.13. The van der Waals surface area contributed by atoms with Crippen LogP contribution >= 0.6 is 10.7 Å². The molecule has 1 aliphatic rings. The van der Waals surface area contributed by atoms with Gasteiger partial charge in [-0.1, -0.05) is 19.3 Å². The van der Waals surface area contributed by atoms with Gasteiger partial charge in [-0.2, -0.15) is 0 Å². The van der Waals surface area contributed by atoms with Crippen LogP contribution in [0.4, 0.5) is 4.39 Å². The molecule has 20 heavy (non-hydrogen) atoms. The number of rotatable bonds is 5. The Morgan fingerprint density at radius 1 is 1.40 bits per heavy atom. The van der Waals surface area contributed by atoms with Crippen molar-refractivity contribution in [3.63, 3.8) is 0 Å². The van der Waals surface area contributed by atoms with Gasteiger partial charge in [-0.05, 0) is 30.5 Å². The van der Waals surface area contributed by atoms with Gasteiger partial charge in [-0.15, -0.1) is 0 Å². The van der Waals surface area contributed by atoms with Crippen LogP contribution in [-0.4, -0.2) is 21.0 Å². The lowest BCUT2D eigenvalue weighted by Gasteiger charge is -2.24. The van der Waals surface area contributed by atoms with Crippen molar-refractivity contribution in [2.45, 2.75) is 30.6 Å². The van der Waals surface area contributed by atoms with E-state index < -0.39 is 26.4 Å². The molecule has 4 nitrogen and oxygen atoms in total. The predicted molar refractivity (Wildman–Crippen MR) is 71.7 cm³/mol. The van der Waals surface area contributed by atoms with Crippen LogP contribution in [0, 0.1) is 11.7 Å². The Morgan fingerprint density at radius 2 is 2.10 bits per heavy atom. The first kappa shape index (κ1) is 15.3. The predicted octanol–water partition coefficient (Wildman–Crippen LogP) is 3.10. The summed E-state index contributed by atoms with van der Waals surface area (Å²) in [6.07, 6.45) is 4.21. The molecule has 0 amide bonds. The minimum Gasteiger partial charge on any atom is -0.462 e. The number of carbonyl (C=O) groups excluding carboxylic acids is 1. The summed E-state index contributed by atoms with van der Waals surface area (Å²) in [7, 11) is 1.15. The summed E-state index contributed by atoms with van der Waals surface area (Å²) in [6.45, 7) is 0.209. The van der Waals surface area contributed by atoms with Gasteiger partial charge >= 0.3 is 5.97 Å². The first-order chi connectivity index (χ1) is 9.38. The van der Waals surface area contributed by atoms with E-state index in [0.29, 0.717) is 5.92 Å². The van der Waals surface area contributed by atoms with Gasteiger partial charge in [0.1, 0.15) is 5.82 Å². The van der Waals surface area contributed by atoms with Crippen LogP contribution in [0.3, 0.4) is 0 Å². The molecule has 0 heterocycles. The van der Waals surface area contributed by atoms with Crippen LogP contribution in [0.15, 0.2) is 23.1 Å². The Balaban J connectivity index is 2.04. The van der Waals surface area contributed by atoms with Crippen LogP contribution in [0.1, 0.15) is 36.0 Å². The van der Waals surface area contributed by atoms with Crippen molar-refractivity contribution < 1.29 is 22.3 Å². The van der Waals surface area contributed by atoms with Gasteiger partial charge in [0.15, 0.2) is 0 Å². The lowest BCUT2D eigenvalue weighted by atomic mass is 9.83. The highest BCUT2D eigenvalue weighted by Crippen LogP contribution is 2.29. The summed E-state index contributed by atoms with van der Waals surface area (Å²) in [4.78, 5) is 11.4. The van der Waals surface area contributed by atoms with E-state index in [0.717, 1.165) is 37.5 Å². The third-order valence-corrected chi connectivity index (χ3v) is 4.77. The second-order valence-electron chi connectivity index (χ2n) is 4.80. The summed E-state index contributed by atoms with van der Waals surface area (Å²) in [6, 6.07) is 2.78. The fraction of sp³-hybridized carbons (Fsp3) is 0.462. The van der Waals surface area contributed by atoms with Gasteiger partial charge in [0.2, 0.25) is 0 Å². The Hall–Kier alpha value is -1.14. The smallest absolute Gasteiger partial charge is 0.341 e. The SMILES string of the molecule is O=C(OCCC1CCC1)c1cc(S(=O)(=O)Cl)ccc1F. The van der Waals surface area contributed by atoms with E-state index >= 15 is 0 Å². The zero-order valence-electron chi connectivity index (χ0n) is 10.6. The molecular formula is C13H14ClFO4S. The van der Waals surface area contributed by atoms with Gasteiger partial charge in [0.25, 0.3) is 9.05 Å². The Labute approximate surface area is 121 Å². The van der Waals surface area contributed by atoms with Crippen molar-refractivity contribution >= 4 is 25.7 Å². The zero-order valence-corrected chi connectivity index (χ0v) is 12.2. The Kier molecular flexibility index (Phi) is 4.65. The second kappa shape index (κ2) is 6.10. The number of ether oxygens (including phenoxy) is 1. The Morgan fingerprint density at radius 3 is 2.65 bits per heavy atom. The first-order valence-corrected chi connectivity index (χ1v) is 8.60. The topological polar surface area (TPSA) is 60.4 Å². The van der Waals surface area contributed by atoms with Crippen LogP contribution in [0.2, 0.25) is 0 Å². The molecule has 1 saturated carbocycles. The standard InChI is InChI=1S/C13H14ClFO4S/c14-20(17,18)10-4-5-12(15)11(8-10)13(16)19-7-6-9-2-1-3-9/h4-5,8-9H,1-3,6-7H2. The van der Waals surface area contributed by atoms with Crippen molar-refractivity contribution in [3.8, 4) is 0 Å². The van der Waals surface area contributed by atoms with Crippen LogP contribution in [-0.2, 0) is 13.8 Å². The van der Waals surface area contributed by atoms with Gasteiger partial charge in [-0.25, -0.2) is 17.6 Å². The molecule has 2 rings (SSSR count). The molecule has 1 aliphatic carbocycles. The molecule has 0 unspecified atom stereocenters. The van der Waals surface area contributed by atoms with Gasteiger partial charge in [0.05, 0.1) is 17.1 Å². The second-order valence-corrected chi connectivity index (χ2v) is 7.37. The molecule has 0 saturated heterocycles. The van der Waals surface area contributed by atoms with E-state index in [-0.39, 0.29) is 11.5 Å². The highest BCUT2D eigenvalue weighted by molar-refractivity contribution is 8.13. The maximum Gasteiger partial charge on any atom is 0.341 e. The average Bonchev–Trinajstić information content (AvgIpc) is 2.31. The number of hydrogen-bond donors (Lipinski definition) is 0. The van der Waals surface area contributed by atoms with Crippen molar-refractivity contribution in [1.29, 1.82) is 0 Å². The third kappa shape index (κ3) is 3.70. The molecule has 0 spiro atoms. The van der Waals surface area contributed by atoms with E-state index in [1.807, 2.05) is 0 Å². The zero-order chi connectivity index (χ0) is 14.8. The third-order valence-electron chi connectivity index (χ3n) is 3.42. The molecule has 0 atom stereocenters. The van der Waals surface area contributed by atoms with E-state index in [9.17, 15) is 17.6 Å². The summed E-state index contributed by atoms with van der Waals surface area (Å²) < 4.78 is 40.8. The molecule has 1 aromatic carbocycles. The van der Waals surface area contributed by atoms with Gasteiger partial charge in [-0.3, -0.25) is 0 Å². The average molecular weight is 321 g/mol. The molecule has 7 heteroatoms. The van der Waals surface area contributed by atoms with E-state index in [1.165, 1.54) is 6.42 Å². The van der Waals surface area contributed by atoms with Crippen LogP contribution in [0.25, 0.3) is 0 Å². The van der Waals surface area contributed by atoms with Crippen LogP contribution in [0.5, 0.6) is 0 Å². The van der Waals surface area contributed by atoms with Crippen molar-refractivity contribution in [2.24, 2.45) is 5.92 Å². The Bertz CT molecular complexity index is 611. The molecular weight excluding hydrogens is 307 g/mol. The molecule has 1 fully saturated rings.